The van der Waals surface area contributed by atoms with Gasteiger partial charge < -0.3 is 5.73 Å². The summed E-state index contributed by atoms with van der Waals surface area (Å²) in [4.78, 5) is 14.9. The fraction of sp³-hybridized carbons (Fsp3) is 0.533. The van der Waals surface area contributed by atoms with Gasteiger partial charge in [-0.15, -0.1) is 0 Å². The van der Waals surface area contributed by atoms with Crippen LogP contribution in [0, 0.1) is 11.3 Å². The zero-order valence-corrected chi connectivity index (χ0v) is 15.5. The van der Waals surface area contributed by atoms with Gasteiger partial charge in [-0.25, -0.2) is 5.43 Å². The molecule has 4 N–H and O–H groups in total. The molecule has 0 bridgehead atoms. The van der Waals surface area contributed by atoms with Crippen LogP contribution in [0.5, 0.6) is 0 Å². The fourth-order valence-corrected chi connectivity index (χ4v) is 3.72. The third-order valence-electron chi connectivity index (χ3n) is 3.83. The summed E-state index contributed by atoms with van der Waals surface area (Å²) >= 11 is 17.8. The Hall–Kier alpha value is -1.04. The van der Waals surface area contributed by atoms with Crippen molar-refractivity contribution in [2.45, 2.75) is 40.0 Å². The highest BCUT2D eigenvalue weighted by atomic mass is 35.5. The number of aromatic amines is 1. The third kappa shape index (κ3) is 4.28. The summed E-state index contributed by atoms with van der Waals surface area (Å²) in [5, 5.41) is 4.41. The summed E-state index contributed by atoms with van der Waals surface area (Å²) in [5.74, 6) is 0.0222. The monoisotopic (exact) mass is 377 g/mol. The van der Waals surface area contributed by atoms with Gasteiger partial charge in [-0.2, -0.15) is 10.1 Å². The molecule has 1 aromatic heterocycles. The standard InChI is InChI=1S/C15H19Cl3N4O/c1-7-4-8(6-15(2,3)5-7)21-22-14(23)12-9(16)11(19)10(17)13(18)20-12/h7H,4-6H2,1-3H3,(H2,19,20)(H,22,23)/p+1/b21-8-/t7-/m1/s1. The average Bonchev–Trinajstić information content (AvgIpc) is 2.44. The first-order valence-electron chi connectivity index (χ1n) is 7.32. The fourth-order valence-electron chi connectivity index (χ4n) is 3.11. The van der Waals surface area contributed by atoms with E-state index in [1.54, 1.807) is 0 Å². The van der Waals surface area contributed by atoms with Crippen LogP contribution in [0.2, 0.25) is 15.2 Å². The van der Waals surface area contributed by atoms with E-state index in [0.717, 1.165) is 25.0 Å². The van der Waals surface area contributed by atoms with Gasteiger partial charge in [0.05, 0.1) is 5.69 Å². The first-order valence-corrected chi connectivity index (χ1v) is 8.45. The second-order valence-electron chi connectivity index (χ2n) is 6.83. The minimum Gasteiger partial charge on any atom is -0.396 e. The van der Waals surface area contributed by atoms with E-state index in [-0.39, 0.29) is 32.0 Å². The second-order valence-corrected chi connectivity index (χ2v) is 7.96. The number of hydrogen-bond donors (Lipinski definition) is 2. The Bertz CT molecular complexity index is 673. The van der Waals surface area contributed by atoms with Crippen molar-refractivity contribution < 1.29 is 9.78 Å². The molecule has 1 amide bonds. The highest BCUT2D eigenvalue weighted by molar-refractivity contribution is 6.45. The number of nitrogen functional groups attached to an aromatic ring is 1. The lowest BCUT2D eigenvalue weighted by Crippen LogP contribution is -2.32. The van der Waals surface area contributed by atoms with Crippen LogP contribution in [0.1, 0.15) is 50.5 Å². The molecule has 0 radical (unpaired) electrons. The summed E-state index contributed by atoms with van der Waals surface area (Å²) in [6, 6.07) is 0. The molecule has 1 aliphatic rings. The van der Waals surface area contributed by atoms with Crippen molar-refractivity contribution in [1.29, 1.82) is 0 Å². The summed E-state index contributed by atoms with van der Waals surface area (Å²) in [7, 11) is 0. The quantitative estimate of drug-likeness (QED) is 0.603. The van der Waals surface area contributed by atoms with Crippen LogP contribution in [0.3, 0.4) is 0 Å². The molecule has 0 saturated heterocycles. The molecular weight excluding hydrogens is 359 g/mol. The Morgan fingerprint density at radius 1 is 1.35 bits per heavy atom. The van der Waals surface area contributed by atoms with Crippen LogP contribution >= 0.6 is 34.8 Å². The average molecular weight is 379 g/mol. The highest BCUT2D eigenvalue weighted by Gasteiger charge is 2.30. The van der Waals surface area contributed by atoms with Gasteiger partial charge in [0.1, 0.15) is 10.0 Å². The van der Waals surface area contributed by atoms with Crippen LogP contribution in [0.25, 0.3) is 0 Å². The number of amides is 1. The zero-order valence-electron chi connectivity index (χ0n) is 13.3. The lowest BCUT2D eigenvalue weighted by atomic mass is 9.72. The van der Waals surface area contributed by atoms with Crippen molar-refractivity contribution >= 4 is 52.1 Å². The molecule has 1 heterocycles. The van der Waals surface area contributed by atoms with Crippen molar-refractivity contribution in [2.24, 2.45) is 16.4 Å². The zero-order chi connectivity index (χ0) is 17.4. The predicted molar refractivity (Wildman–Crippen MR) is 94.1 cm³/mol. The molecule has 1 saturated carbocycles. The molecule has 1 atom stereocenters. The van der Waals surface area contributed by atoms with Gasteiger partial charge in [0.25, 0.3) is 10.8 Å². The number of halogens is 3. The lowest BCUT2D eigenvalue weighted by molar-refractivity contribution is -0.379. The molecule has 0 unspecified atom stereocenters. The molecule has 1 aromatic rings. The van der Waals surface area contributed by atoms with Gasteiger partial charge in [-0.05, 0) is 42.2 Å². The second kappa shape index (κ2) is 6.83. The van der Waals surface area contributed by atoms with Crippen LogP contribution in [-0.2, 0) is 0 Å². The third-order valence-corrected chi connectivity index (χ3v) is 5.00. The number of carbonyl (C=O) groups is 1. The smallest absolute Gasteiger partial charge is 0.337 e. The normalized spacial score (nSPS) is 22.2. The summed E-state index contributed by atoms with van der Waals surface area (Å²) in [6.45, 7) is 6.58. The van der Waals surface area contributed by atoms with Gasteiger partial charge in [0.2, 0.25) is 0 Å². The Labute approximate surface area is 150 Å². The van der Waals surface area contributed by atoms with Crippen molar-refractivity contribution in [2.75, 3.05) is 5.73 Å². The molecule has 1 aliphatic carbocycles. The minimum atomic E-state index is -0.510. The topological polar surface area (TPSA) is 81.6 Å². The van der Waals surface area contributed by atoms with E-state index in [4.69, 9.17) is 40.5 Å². The van der Waals surface area contributed by atoms with Crippen molar-refractivity contribution in [3.05, 3.63) is 20.9 Å². The maximum Gasteiger partial charge on any atom is 0.337 e. The number of aromatic nitrogens is 1. The summed E-state index contributed by atoms with van der Waals surface area (Å²) in [6.07, 6.45) is 2.85. The van der Waals surface area contributed by atoms with E-state index in [2.05, 4.69) is 36.3 Å². The molecule has 5 nitrogen and oxygen atoms in total. The highest BCUT2D eigenvalue weighted by Crippen LogP contribution is 2.37. The van der Waals surface area contributed by atoms with Crippen LogP contribution in [0.15, 0.2) is 5.10 Å². The summed E-state index contributed by atoms with van der Waals surface area (Å²) in [5.41, 5.74) is 9.48. The van der Waals surface area contributed by atoms with E-state index in [1.165, 1.54) is 0 Å². The van der Waals surface area contributed by atoms with Gasteiger partial charge >= 0.3 is 5.91 Å². The number of anilines is 1. The van der Waals surface area contributed by atoms with E-state index in [1.807, 2.05) is 0 Å². The number of hydrogen-bond acceptors (Lipinski definition) is 3. The van der Waals surface area contributed by atoms with Gasteiger partial charge in [0.15, 0.2) is 0 Å². The molecule has 1 fully saturated rings. The molecule has 8 heteroatoms. The maximum absolute atomic E-state index is 12.3. The Morgan fingerprint density at radius 3 is 2.61 bits per heavy atom. The number of hydrazone groups is 1. The first kappa shape index (κ1) is 18.3. The van der Waals surface area contributed by atoms with Crippen molar-refractivity contribution in [1.82, 2.24) is 5.43 Å². The number of nitrogens with zero attached hydrogens (tertiary/aromatic N) is 1. The van der Waals surface area contributed by atoms with E-state index >= 15 is 0 Å². The summed E-state index contributed by atoms with van der Waals surface area (Å²) < 4.78 is 0. The van der Waals surface area contributed by atoms with Crippen LogP contribution in [0.4, 0.5) is 5.69 Å². The Balaban J connectivity index is 2.19. The SMILES string of the molecule is C[C@@H]1C/C(=N/NC(=O)c2[nH+]c(Cl)c(Cl)c(N)c2Cl)CC(C)(C)C1. The van der Waals surface area contributed by atoms with Crippen LogP contribution in [-0.4, -0.2) is 11.6 Å². The maximum atomic E-state index is 12.3. The van der Waals surface area contributed by atoms with E-state index < -0.39 is 5.91 Å². The molecule has 0 spiro atoms. The largest absolute Gasteiger partial charge is 0.396 e. The van der Waals surface area contributed by atoms with Crippen molar-refractivity contribution in [3.63, 3.8) is 0 Å². The number of rotatable bonds is 2. The number of nitrogens with two attached hydrogens (primary N) is 1. The lowest BCUT2D eigenvalue weighted by Gasteiger charge is -2.34. The number of nitrogens with one attached hydrogen (secondary N) is 2. The Kier molecular flexibility index (Phi) is 5.44. The first-order chi connectivity index (χ1) is 10.6. The predicted octanol–water partition coefficient (Wildman–Crippen LogP) is 3.98. The molecule has 23 heavy (non-hydrogen) atoms. The number of H-pyrrole nitrogens is 1. The van der Waals surface area contributed by atoms with Gasteiger partial charge in [-0.3, -0.25) is 4.79 Å². The molecule has 0 aliphatic heterocycles. The van der Waals surface area contributed by atoms with Gasteiger partial charge in [0, 0.05) is 5.71 Å². The van der Waals surface area contributed by atoms with Gasteiger partial charge in [-0.1, -0.05) is 44.0 Å². The number of pyridine rings is 1. The Morgan fingerprint density at radius 2 is 2.00 bits per heavy atom. The minimum absolute atomic E-state index is 0.0226. The molecule has 126 valence electrons. The molecule has 2 rings (SSSR count). The number of carbonyl (C=O) groups excluding carboxylic acids is 1. The van der Waals surface area contributed by atoms with Crippen LogP contribution < -0.4 is 16.1 Å². The molecule has 0 aromatic carbocycles. The molecular formula is C15H20Cl3N4O+. The van der Waals surface area contributed by atoms with E-state index in [0.29, 0.717) is 5.92 Å². The van der Waals surface area contributed by atoms with E-state index in [9.17, 15) is 4.79 Å². The van der Waals surface area contributed by atoms with Crippen molar-refractivity contribution in [3.8, 4) is 0 Å².